The quantitative estimate of drug-likeness (QED) is 0.703. The van der Waals surface area contributed by atoms with Gasteiger partial charge >= 0.3 is 6.03 Å². The zero-order chi connectivity index (χ0) is 20.1. The van der Waals surface area contributed by atoms with Gasteiger partial charge in [-0.1, -0.05) is 37.3 Å². The maximum atomic E-state index is 12.3. The lowest BCUT2D eigenvalue weighted by atomic mass is 9.90. The molecule has 0 aliphatic carbocycles. The summed E-state index contributed by atoms with van der Waals surface area (Å²) in [7, 11) is 0. The summed E-state index contributed by atoms with van der Waals surface area (Å²) in [6.45, 7) is 5.41. The maximum Gasteiger partial charge on any atom is 0.344 e. The number of amides is 4. The molecule has 0 aromatic heterocycles. The fraction of sp³-hybridized carbons (Fsp3) is 0.571. The van der Waals surface area contributed by atoms with Gasteiger partial charge < -0.3 is 5.32 Å². The van der Waals surface area contributed by atoms with E-state index in [1.165, 1.54) is 12.0 Å². The van der Waals surface area contributed by atoms with E-state index in [-0.39, 0.29) is 12.5 Å². The van der Waals surface area contributed by atoms with Crippen LogP contribution in [0.1, 0.15) is 45.1 Å². The van der Waals surface area contributed by atoms with Crippen LogP contribution < -0.4 is 10.7 Å². The summed E-state index contributed by atoms with van der Waals surface area (Å²) in [6, 6.07) is 9.95. The van der Waals surface area contributed by atoms with E-state index in [0.717, 1.165) is 37.4 Å². The number of nitrogens with zero attached hydrogens (tertiary/aromatic N) is 2. The highest BCUT2D eigenvalue weighted by atomic mass is 16.2. The van der Waals surface area contributed by atoms with E-state index in [9.17, 15) is 14.4 Å². The lowest BCUT2D eigenvalue weighted by Crippen LogP contribution is -2.51. The van der Waals surface area contributed by atoms with Crippen molar-refractivity contribution in [3.63, 3.8) is 0 Å². The summed E-state index contributed by atoms with van der Waals surface area (Å²) >= 11 is 0. The Morgan fingerprint density at radius 3 is 2.50 bits per heavy atom. The standard InChI is InChI=1S/C21H30N4O3/c1-3-21(2)19(27)25(20(28)22-21)23-18(26)15-24-13-11-17(12-14-24)10-9-16-7-5-4-6-8-16/h4-8,17H,3,9-15H2,1-2H3,(H,22,28)(H,23,26). The van der Waals surface area contributed by atoms with Crippen molar-refractivity contribution in [3.8, 4) is 0 Å². The number of hydrogen-bond acceptors (Lipinski definition) is 4. The molecule has 0 bridgehead atoms. The van der Waals surface area contributed by atoms with E-state index >= 15 is 0 Å². The molecule has 7 heteroatoms. The van der Waals surface area contributed by atoms with Crippen LogP contribution >= 0.6 is 0 Å². The Morgan fingerprint density at radius 2 is 1.89 bits per heavy atom. The van der Waals surface area contributed by atoms with Crippen molar-refractivity contribution in [1.82, 2.24) is 20.7 Å². The zero-order valence-corrected chi connectivity index (χ0v) is 16.7. The van der Waals surface area contributed by atoms with Crippen molar-refractivity contribution >= 4 is 17.8 Å². The smallest absolute Gasteiger partial charge is 0.322 e. The van der Waals surface area contributed by atoms with Crippen LogP contribution in [0.4, 0.5) is 4.79 Å². The van der Waals surface area contributed by atoms with E-state index < -0.39 is 17.5 Å². The normalized spacial score (nSPS) is 23.7. The molecule has 2 aliphatic heterocycles. The van der Waals surface area contributed by atoms with Crippen molar-refractivity contribution in [3.05, 3.63) is 35.9 Å². The highest BCUT2D eigenvalue weighted by Gasteiger charge is 2.47. The number of aryl methyl sites for hydroxylation is 1. The van der Waals surface area contributed by atoms with E-state index in [1.54, 1.807) is 6.92 Å². The van der Waals surface area contributed by atoms with Gasteiger partial charge in [0.05, 0.1) is 6.54 Å². The second-order valence-electron chi connectivity index (χ2n) is 8.04. The Hall–Kier alpha value is -2.41. The second-order valence-corrected chi connectivity index (χ2v) is 8.04. The Bertz CT molecular complexity index is 716. The van der Waals surface area contributed by atoms with Gasteiger partial charge in [-0.15, -0.1) is 0 Å². The van der Waals surface area contributed by atoms with Gasteiger partial charge in [0.15, 0.2) is 0 Å². The molecule has 1 unspecified atom stereocenters. The maximum absolute atomic E-state index is 12.3. The first kappa shape index (κ1) is 20.3. The number of carbonyl (C=O) groups excluding carboxylic acids is 3. The van der Waals surface area contributed by atoms with Gasteiger partial charge in [-0.25, -0.2) is 4.79 Å². The molecule has 2 heterocycles. The number of piperidine rings is 1. The molecule has 0 spiro atoms. The third-order valence-corrected chi connectivity index (χ3v) is 5.96. The van der Waals surface area contributed by atoms with Crippen LogP contribution in [0.3, 0.4) is 0 Å². The molecular weight excluding hydrogens is 356 g/mol. The fourth-order valence-electron chi connectivity index (χ4n) is 3.84. The van der Waals surface area contributed by atoms with Gasteiger partial charge in [-0.2, -0.15) is 5.01 Å². The molecule has 2 saturated heterocycles. The predicted molar refractivity (Wildman–Crippen MR) is 106 cm³/mol. The summed E-state index contributed by atoms with van der Waals surface area (Å²) in [5.74, 6) is -0.0599. The molecule has 28 heavy (non-hydrogen) atoms. The number of carbonyl (C=O) groups is 3. The molecule has 152 valence electrons. The van der Waals surface area contributed by atoms with Crippen LogP contribution in [0.5, 0.6) is 0 Å². The fourth-order valence-corrected chi connectivity index (χ4v) is 3.84. The molecule has 1 atom stereocenters. The highest BCUT2D eigenvalue weighted by Crippen LogP contribution is 2.22. The van der Waals surface area contributed by atoms with E-state index in [4.69, 9.17) is 0 Å². The molecule has 4 amide bonds. The van der Waals surface area contributed by atoms with Crippen molar-refractivity contribution in [1.29, 1.82) is 0 Å². The Kier molecular flexibility index (Phi) is 6.34. The first-order valence-corrected chi connectivity index (χ1v) is 10.1. The number of nitrogens with one attached hydrogen (secondary N) is 2. The van der Waals surface area contributed by atoms with E-state index in [1.807, 2.05) is 13.0 Å². The van der Waals surface area contributed by atoms with E-state index in [2.05, 4.69) is 39.9 Å². The van der Waals surface area contributed by atoms with Crippen molar-refractivity contribution in [2.24, 2.45) is 5.92 Å². The van der Waals surface area contributed by atoms with Crippen molar-refractivity contribution in [2.75, 3.05) is 19.6 Å². The summed E-state index contributed by atoms with van der Waals surface area (Å²) in [4.78, 5) is 38.7. The summed E-state index contributed by atoms with van der Waals surface area (Å²) < 4.78 is 0. The average Bonchev–Trinajstić information content (AvgIpc) is 2.92. The minimum atomic E-state index is -0.943. The lowest BCUT2D eigenvalue weighted by molar-refractivity contribution is -0.139. The molecule has 3 rings (SSSR count). The molecular formula is C21H30N4O3. The summed E-state index contributed by atoms with van der Waals surface area (Å²) in [5, 5.41) is 3.45. The number of hydrazine groups is 1. The van der Waals surface area contributed by atoms with E-state index in [0.29, 0.717) is 12.3 Å². The second kappa shape index (κ2) is 8.73. The number of likely N-dealkylation sites (tertiary alicyclic amines) is 1. The topological polar surface area (TPSA) is 81.8 Å². The third kappa shape index (κ3) is 4.70. The third-order valence-electron chi connectivity index (χ3n) is 5.96. The van der Waals surface area contributed by atoms with Crippen LogP contribution in [-0.2, 0) is 16.0 Å². The summed E-state index contributed by atoms with van der Waals surface area (Å²) in [6.07, 6.45) is 4.87. The number of hydrogen-bond donors (Lipinski definition) is 2. The largest absolute Gasteiger partial charge is 0.344 e. The molecule has 1 aromatic carbocycles. The number of benzene rings is 1. The molecule has 0 radical (unpaired) electrons. The monoisotopic (exact) mass is 386 g/mol. The molecule has 0 saturated carbocycles. The molecule has 2 aliphatic rings. The Balaban J connectivity index is 1.40. The molecule has 2 N–H and O–H groups in total. The Morgan fingerprint density at radius 1 is 1.21 bits per heavy atom. The highest BCUT2D eigenvalue weighted by molar-refractivity contribution is 6.07. The van der Waals surface area contributed by atoms with Gasteiger partial charge in [0.1, 0.15) is 5.54 Å². The number of rotatable bonds is 7. The van der Waals surface area contributed by atoms with Gasteiger partial charge in [0, 0.05) is 0 Å². The van der Waals surface area contributed by atoms with Crippen LogP contribution in [0.15, 0.2) is 30.3 Å². The first-order valence-electron chi connectivity index (χ1n) is 10.1. The van der Waals surface area contributed by atoms with Crippen LogP contribution in [0, 0.1) is 5.92 Å². The van der Waals surface area contributed by atoms with Gasteiger partial charge in [0.2, 0.25) is 0 Å². The zero-order valence-electron chi connectivity index (χ0n) is 16.7. The number of imide groups is 1. The van der Waals surface area contributed by atoms with Gasteiger partial charge in [-0.3, -0.25) is 19.9 Å². The van der Waals surface area contributed by atoms with Crippen LogP contribution in [0.25, 0.3) is 0 Å². The van der Waals surface area contributed by atoms with Crippen LogP contribution in [-0.4, -0.2) is 52.9 Å². The SMILES string of the molecule is CCC1(C)NC(=O)N(NC(=O)CN2CCC(CCc3ccccc3)CC2)C1=O. The van der Waals surface area contributed by atoms with Gasteiger partial charge in [0.25, 0.3) is 11.8 Å². The van der Waals surface area contributed by atoms with Gasteiger partial charge in [-0.05, 0) is 63.6 Å². The first-order chi connectivity index (χ1) is 13.4. The average molecular weight is 386 g/mol. The predicted octanol–water partition coefficient (Wildman–Crippen LogP) is 2.08. The van der Waals surface area contributed by atoms with Crippen molar-refractivity contribution in [2.45, 2.75) is 51.5 Å². The minimum Gasteiger partial charge on any atom is -0.322 e. The summed E-state index contributed by atoms with van der Waals surface area (Å²) in [5.41, 5.74) is 2.89. The molecule has 1 aromatic rings. The number of urea groups is 1. The molecule has 2 fully saturated rings. The van der Waals surface area contributed by atoms with Crippen molar-refractivity contribution < 1.29 is 14.4 Å². The minimum absolute atomic E-state index is 0.200. The molecule has 7 nitrogen and oxygen atoms in total. The van der Waals surface area contributed by atoms with Crippen LogP contribution in [0.2, 0.25) is 0 Å². The lowest BCUT2D eigenvalue weighted by Gasteiger charge is -2.31. The Labute approximate surface area is 166 Å².